The fourth-order valence-electron chi connectivity index (χ4n) is 3.11. The van der Waals surface area contributed by atoms with E-state index >= 15 is 0 Å². The fraction of sp³-hybridized carbons (Fsp3) is 0.318. The number of rotatable bonds is 6. The smallest absolute Gasteiger partial charge is 0.351 e. The molecule has 0 fully saturated rings. The number of hydrogen-bond donors (Lipinski definition) is 0. The minimum atomic E-state index is -0.938. The van der Waals surface area contributed by atoms with Crippen LogP contribution in [0.1, 0.15) is 17.5 Å². The highest BCUT2D eigenvalue weighted by Crippen LogP contribution is 2.31. The lowest BCUT2D eigenvalue weighted by Gasteiger charge is -2.26. The maximum Gasteiger partial charge on any atom is 0.351 e. The summed E-state index contributed by atoms with van der Waals surface area (Å²) in [6, 6.07) is 14.8. The van der Waals surface area contributed by atoms with Gasteiger partial charge in [-0.15, -0.1) is 0 Å². The number of fused-ring (bicyclic) bond motifs is 1. The van der Waals surface area contributed by atoms with Gasteiger partial charge in [-0.25, -0.2) is 4.79 Å². The summed E-state index contributed by atoms with van der Waals surface area (Å²) in [5.41, 5.74) is 2.67. The summed E-state index contributed by atoms with van der Waals surface area (Å²) in [6.07, 6.45) is -0.769. The predicted molar refractivity (Wildman–Crippen MR) is 106 cm³/mol. The van der Waals surface area contributed by atoms with Crippen molar-refractivity contribution in [3.05, 3.63) is 53.6 Å². The largest absolute Gasteiger partial charge is 0.485 e. The highest BCUT2D eigenvalue weighted by molar-refractivity contribution is 5.95. The van der Waals surface area contributed by atoms with Crippen LogP contribution in [0.15, 0.2) is 42.5 Å². The van der Waals surface area contributed by atoms with Gasteiger partial charge in [-0.1, -0.05) is 18.2 Å². The Labute approximate surface area is 169 Å². The zero-order valence-electron chi connectivity index (χ0n) is 16.4. The molecule has 0 bridgehead atoms. The molecule has 7 heteroatoms. The Morgan fingerprint density at radius 1 is 1.17 bits per heavy atom. The molecular weight excluding hydrogens is 372 g/mol. The number of esters is 1. The molecule has 1 aliphatic heterocycles. The average Bonchev–Trinajstić information content (AvgIpc) is 2.71. The van der Waals surface area contributed by atoms with E-state index in [1.54, 1.807) is 18.2 Å². The van der Waals surface area contributed by atoms with Gasteiger partial charge in [-0.3, -0.25) is 4.79 Å². The van der Waals surface area contributed by atoms with Crippen LogP contribution in [0.2, 0.25) is 0 Å². The molecule has 0 saturated heterocycles. The van der Waals surface area contributed by atoms with Gasteiger partial charge in [0, 0.05) is 12.2 Å². The van der Waals surface area contributed by atoms with E-state index in [0.717, 1.165) is 11.1 Å². The SMILES string of the molecule is Cc1cc(C)cc(N(CCC#N)C(=O)COC(=O)[C@H]2COc3ccccc3O2)c1. The van der Waals surface area contributed by atoms with Crippen molar-refractivity contribution in [3.8, 4) is 17.6 Å². The molecule has 1 aliphatic rings. The molecule has 2 aromatic carbocycles. The topological polar surface area (TPSA) is 88.9 Å². The third kappa shape index (κ3) is 5.05. The van der Waals surface area contributed by atoms with E-state index in [1.807, 2.05) is 44.2 Å². The second-order valence-electron chi connectivity index (χ2n) is 6.77. The standard InChI is InChI=1S/C22H22N2O5/c1-15-10-16(2)12-17(11-15)24(9-5-8-23)21(25)14-28-22(26)20-13-27-18-6-3-4-7-19(18)29-20/h3-4,6-7,10-12,20H,5,9,13-14H2,1-2H3/t20-/m1/s1. The van der Waals surface area contributed by atoms with E-state index in [2.05, 4.69) is 0 Å². The van der Waals surface area contributed by atoms with Crippen LogP contribution in [-0.2, 0) is 14.3 Å². The highest BCUT2D eigenvalue weighted by atomic mass is 16.6. The summed E-state index contributed by atoms with van der Waals surface area (Å²) in [7, 11) is 0. The molecule has 0 saturated carbocycles. The van der Waals surface area contributed by atoms with E-state index in [0.29, 0.717) is 17.2 Å². The summed E-state index contributed by atoms with van der Waals surface area (Å²) in [6.45, 7) is 3.65. The lowest BCUT2D eigenvalue weighted by Crippen LogP contribution is -2.41. The molecule has 0 radical (unpaired) electrons. The Kier molecular flexibility index (Phi) is 6.35. The second-order valence-corrected chi connectivity index (χ2v) is 6.77. The molecule has 0 N–H and O–H groups in total. The molecule has 150 valence electrons. The molecule has 1 heterocycles. The Morgan fingerprint density at radius 3 is 2.55 bits per heavy atom. The number of amides is 1. The Bertz CT molecular complexity index is 930. The Morgan fingerprint density at radius 2 is 1.86 bits per heavy atom. The average molecular weight is 394 g/mol. The van der Waals surface area contributed by atoms with Crippen molar-refractivity contribution in [1.82, 2.24) is 0 Å². The first kappa shape index (κ1) is 20.2. The summed E-state index contributed by atoms with van der Waals surface area (Å²) in [5, 5.41) is 8.92. The van der Waals surface area contributed by atoms with E-state index < -0.39 is 24.6 Å². The van der Waals surface area contributed by atoms with Crippen molar-refractivity contribution in [2.45, 2.75) is 26.4 Å². The van der Waals surface area contributed by atoms with Crippen molar-refractivity contribution < 1.29 is 23.8 Å². The third-order valence-electron chi connectivity index (χ3n) is 4.38. The molecule has 0 aliphatic carbocycles. The molecule has 0 unspecified atom stereocenters. The number of nitriles is 1. The quantitative estimate of drug-likeness (QED) is 0.700. The van der Waals surface area contributed by atoms with Gasteiger partial charge in [-0.05, 0) is 49.2 Å². The van der Waals surface area contributed by atoms with Crippen LogP contribution in [0.3, 0.4) is 0 Å². The van der Waals surface area contributed by atoms with Crippen molar-refractivity contribution in [2.24, 2.45) is 0 Å². The molecule has 7 nitrogen and oxygen atoms in total. The predicted octanol–water partition coefficient (Wildman–Crippen LogP) is 2.93. The van der Waals surface area contributed by atoms with Gasteiger partial charge < -0.3 is 19.1 Å². The lowest BCUT2D eigenvalue weighted by molar-refractivity contribution is -0.157. The number of ether oxygens (including phenoxy) is 3. The summed E-state index contributed by atoms with van der Waals surface area (Å²) >= 11 is 0. The van der Waals surface area contributed by atoms with Gasteiger partial charge in [0.15, 0.2) is 18.1 Å². The lowest BCUT2D eigenvalue weighted by atomic mass is 10.1. The molecule has 3 rings (SSSR count). The van der Waals surface area contributed by atoms with Gasteiger partial charge in [0.05, 0.1) is 12.5 Å². The number of carbonyl (C=O) groups excluding carboxylic acids is 2. The van der Waals surface area contributed by atoms with Gasteiger partial charge >= 0.3 is 5.97 Å². The number of nitrogens with zero attached hydrogens (tertiary/aromatic N) is 2. The number of carbonyl (C=O) groups is 2. The second kappa shape index (κ2) is 9.11. The highest BCUT2D eigenvalue weighted by Gasteiger charge is 2.29. The Hall–Kier alpha value is -3.53. The number of aryl methyl sites for hydroxylation is 2. The van der Waals surface area contributed by atoms with Crippen molar-refractivity contribution in [3.63, 3.8) is 0 Å². The van der Waals surface area contributed by atoms with Gasteiger partial charge in [0.2, 0.25) is 6.10 Å². The molecular formula is C22H22N2O5. The molecule has 29 heavy (non-hydrogen) atoms. The van der Waals surface area contributed by atoms with Crippen LogP contribution >= 0.6 is 0 Å². The minimum absolute atomic E-state index is 0.0132. The minimum Gasteiger partial charge on any atom is -0.485 e. The van der Waals surface area contributed by atoms with Crippen molar-refractivity contribution in [2.75, 3.05) is 24.7 Å². The first-order valence-corrected chi connectivity index (χ1v) is 9.28. The Balaban J connectivity index is 1.64. The van der Waals surface area contributed by atoms with E-state index in [-0.39, 0.29) is 19.6 Å². The summed E-state index contributed by atoms with van der Waals surface area (Å²) in [4.78, 5) is 26.5. The number of anilines is 1. The number of benzene rings is 2. The van der Waals surface area contributed by atoms with Crippen molar-refractivity contribution in [1.29, 1.82) is 5.26 Å². The summed E-state index contributed by atoms with van der Waals surface area (Å²) in [5.74, 6) is -0.0627. The monoisotopic (exact) mass is 394 g/mol. The molecule has 0 aromatic heterocycles. The number of hydrogen-bond acceptors (Lipinski definition) is 6. The summed E-state index contributed by atoms with van der Waals surface area (Å²) < 4.78 is 16.3. The van der Waals surface area contributed by atoms with Crippen molar-refractivity contribution >= 4 is 17.6 Å². The van der Waals surface area contributed by atoms with Crippen LogP contribution in [0.4, 0.5) is 5.69 Å². The maximum absolute atomic E-state index is 12.7. The van der Waals surface area contributed by atoms with Gasteiger partial charge in [0.25, 0.3) is 5.91 Å². The molecule has 1 amide bonds. The first-order valence-electron chi connectivity index (χ1n) is 9.28. The van der Waals surface area contributed by atoms with Crippen LogP contribution in [-0.4, -0.2) is 37.7 Å². The van der Waals surface area contributed by atoms with Crippen LogP contribution < -0.4 is 14.4 Å². The zero-order chi connectivity index (χ0) is 20.8. The van der Waals surface area contributed by atoms with Gasteiger partial charge in [-0.2, -0.15) is 5.26 Å². The van der Waals surface area contributed by atoms with E-state index in [9.17, 15) is 9.59 Å². The van der Waals surface area contributed by atoms with Gasteiger partial charge in [0.1, 0.15) is 6.61 Å². The van der Waals surface area contributed by atoms with E-state index in [4.69, 9.17) is 19.5 Å². The van der Waals surface area contributed by atoms with Crippen LogP contribution in [0.25, 0.3) is 0 Å². The molecule has 2 aromatic rings. The zero-order valence-corrected chi connectivity index (χ0v) is 16.4. The first-order chi connectivity index (χ1) is 14.0. The third-order valence-corrected chi connectivity index (χ3v) is 4.38. The van der Waals surface area contributed by atoms with E-state index in [1.165, 1.54) is 4.90 Å². The molecule has 0 spiro atoms. The maximum atomic E-state index is 12.7. The fourth-order valence-corrected chi connectivity index (χ4v) is 3.11. The number of para-hydroxylation sites is 2. The van der Waals surface area contributed by atoms with Crippen LogP contribution in [0, 0.1) is 25.2 Å². The van der Waals surface area contributed by atoms with Crippen LogP contribution in [0.5, 0.6) is 11.5 Å². The normalized spacial score (nSPS) is 14.6. The molecule has 1 atom stereocenters.